The monoisotopic (exact) mass is 596 g/mol. The fourth-order valence-corrected chi connectivity index (χ4v) is 6.93. The van der Waals surface area contributed by atoms with Gasteiger partial charge in [-0.3, -0.25) is 14.6 Å². The van der Waals surface area contributed by atoms with Gasteiger partial charge in [0.05, 0.1) is 16.2 Å². The highest BCUT2D eigenvalue weighted by atomic mass is 79.9. The highest BCUT2D eigenvalue weighted by molar-refractivity contribution is 9.10. The maximum Gasteiger partial charge on any atom is 0.253 e. The normalized spacial score (nSPS) is 19.5. The van der Waals surface area contributed by atoms with Crippen LogP contribution in [0.25, 0.3) is 0 Å². The van der Waals surface area contributed by atoms with Crippen molar-refractivity contribution in [2.24, 2.45) is 0 Å². The molecule has 0 saturated carbocycles. The lowest BCUT2D eigenvalue weighted by Crippen LogP contribution is -2.40. The lowest BCUT2D eigenvalue weighted by atomic mass is 10.1. The molecule has 0 bridgehead atoms. The van der Waals surface area contributed by atoms with Gasteiger partial charge >= 0.3 is 0 Å². The minimum absolute atomic E-state index is 0.0262. The Bertz CT molecular complexity index is 1220. The molecular weight excluding hydrogens is 564 g/mol. The second-order valence-corrected chi connectivity index (χ2v) is 13.2. The van der Waals surface area contributed by atoms with E-state index < -0.39 is 9.84 Å². The van der Waals surface area contributed by atoms with E-state index in [0.717, 1.165) is 29.7 Å². The van der Waals surface area contributed by atoms with E-state index in [-0.39, 0.29) is 23.1 Å². The number of piperidine rings is 1. The second kappa shape index (κ2) is 11.8. The van der Waals surface area contributed by atoms with Crippen LogP contribution in [0.15, 0.2) is 39.7 Å². The Labute approximate surface area is 227 Å². The number of amides is 1. The number of nitrogen functional groups attached to an aromatic ring is 1. The van der Waals surface area contributed by atoms with Crippen LogP contribution in [0.3, 0.4) is 0 Å². The molecule has 2 aromatic carbocycles. The van der Waals surface area contributed by atoms with Crippen molar-refractivity contribution >= 4 is 49.0 Å². The summed E-state index contributed by atoms with van der Waals surface area (Å²) in [6.07, 6.45) is 5.13. The van der Waals surface area contributed by atoms with Crippen LogP contribution in [-0.2, 0) is 22.9 Å². The molecule has 36 heavy (non-hydrogen) atoms. The fourth-order valence-electron chi connectivity index (χ4n) is 5.15. The largest absolute Gasteiger partial charge is 0.398 e. The third-order valence-electron chi connectivity index (χ3n) is 7.19. The van der Waals surface area contributed by atoms with Crippen molar-refractivity contribution < 1.29 is 13.2 Å². The number of hydrogen-bond acceptors (Lipinski definition) is 6. The number of carbonyl (C=O) groups excluding carboxylic acids is 1. The molecule has 0 aliphatic carbocycles. The summed E-state index contributed by atoms with van der Waals surface area (Å²) < 4.78 is 25.7. The zero-order chi connectivity index (χ0) is 25.9. The third-order valence-corrected chi connectivity index (χ3v) is 9.99. The summed E-state index contributed by atoms with van der Waals surface area (Å²) in [5.41, 5.74) is 8.54. The van der Waals surface area contributed by atoms with E-state index in [2.05, 4.69) is 31.0 Å². The number of halogens is 2. The first-order chi connectivity index (χ1) is 17.2. The zero-order valence-electron chi connectivity index (χ0n) is 20.6. The number of nitrogens with one attached hydrogen (secondary N) is 1. The zero-order valence-corrected chi connectivity index (χ0v) is 23.8. The van der Waals surface area contributed by atoms with Crippen LogP contribution in [0.2, 0.25) is 5.02 Å². The van der Waals surface area contributed by atoms with Gasteiger partial charge in [-0.05, 0) is 73.8 Å². The summed E-state index contributed by atoms with van der Waals surface area (Å²) in [6.45, 7) is 6.91. The van der Waals surface area contributed by atoms with E-state index in [0.29, 0.717) is 27.9 Å². The first-order valence-corrected chi connectivity index (χ1v) is 15.3. The summed E-state index contributed by atoms with van der Waals surface area (Å²) in [6, 6.07) is 8.83. The number of rotatable bonds is 8. The molecule has 10 heteroatoms. The van der Waals surface area contributed by atoms with Crippen molar-refractivity contribution in [2.75, 3.05) is 37.7 Å². The standard InChI is InChI=1S/C26H34BrClN4O3S/c1-2-36(34,35)25-7-6-20(28)12-18(25)15-30-26(33)22-14-23(27)19(13-24(22)29)16-31-11-8-21(17-31)32-9-4-3-5-10-32/h6-7,12-14,21H,2-5,8-11,15-17,29H2,1H3,(H,30,33). The van der Waals surface area contributed by atoms with Gasteiger partial charge in [0.15, 0.2) is 9.84 Å². The van der Waals surface area contributed by atoms with Crippen LogP contribution in [0.4, 0.5) is 5.69 Å². The van der Waals surface area contributed by atoms with Crippen molar-refractivity contribution in [3.63, 3.8) is 0 Å². The van der Waals surface area contributed by atoms with Gasteiger partial charge in [-0.1, -0.05) is 40.9 Å². The quantitative estimate of drug-likeness (QED) is 0.436. The Morgan fingerprint density at radius 2 is 1.89 bits per heavy atom. The molecule has 4 rings (SSSR count). The molecule has 2 aliphatic rings. The van der Waals surface area contributed by atoms with Crippen LogP contribution in [0.1, 0.15) is 54.1 Å². The summed E-state index contributed by atoms with van der Waals surface area (Å²) in [7, 11) is -3.45. The van der Waals surface area contributed by atoms with E-state index in [1.807, 2.05) is 6.07 Å². The Morgan fingerprint density at radius 1 is 1.14 bits per heavy atom. The topological polar surface area (TPSA) is 95.7 Å². The Morgan fingerprint density at radius 3 is 2.61 bits per heavy atom. The molecule has 0 aromatic heterocycles. The van der Waals surface area contributed by atoms with Crippen molar-refractivity contribution in [1.82, 2.24) is 15.1 Å². The molecule has 2 aliphatic heterocycles. The van der Waals surface area contributed by atoms with Crippen LogP contribution in [-0.4, -0.2) is 62.1 Å². The first-order valence-electron chi connectivity index (χ1n) is 12.5. The van der Waals surface area contributed by atoms with E-state index >= 15 is 0 Å². The van der Waals surface area contributed by atoms with Crippen LogP contribution in [0.5, 0.6) is 0 Å². The minimum atomic E-state index is -3.45. The number of likely N-dealkylation sites (tertiary alicyclic amines) is 2. The predicted molar refractivity (Wildman–Crippen MR) is 148 cm³/mol. The maximum absolute atomic E-state index is 13.0. The SMILES string of the molecule is CCS(=O)(=O)c1ccc(Cl)cc1CNC(=O)c1cc(Br)c(CN2CCC(N3CCCCC3)C2)cc1N. The molecule has 0 spiro atoms. The molecular formula is C26H34BrClN4O3S. The number of carbonyl (C=O) groups is 1. The summed E-state index contributed by atoms with van der Waals surface area (Å²) in [5.74, 6) is -0.405. The average Bonchev–Trinajstić information content (AvgIpc) is 3.33. The van der Waals surface area contributed by atoms with E-state index in [1.54, 1.807) is 25.1 Å². The average molecular weight is 598 g/mol. The van der Waals surface area contributed by atoms with Gasteiger partial charge in [-0.15, -0.1) is 0 Å². The van der Waals surface area contributed by atoms with Crippen molar-refractivity contribution in [2.45, 2.75) is 56.6 Å². The van der Waals surface area contributed by atoms with Gasteiger partial charge in [-0.25, -0.2) is 8.42 Å². The molecule has 1 atom stereocenters. The van der Waals surface area contributed by atoms with Crippen molar-refractivity contribution in [3.8, 4) is 0 Å². The number of benzene rings is 2. The van der Waals surface area contributed by atoms with Gasteiger partial charge in [-0.2, -0.15) is 0 Å². The first kappa shape index (κ1) is 27.4. The number of anilines is 1. The Balaban J connectivity index is 1.41. The summed E-state index contributed by atoms with van der Waals surface area (Å²) in [5, 5.41) is 3.21. The molecule has 0 radical (unpaired) electrons. The number of nitrogens with zero attached hydrogens (tertiary/aromatic N) is 2. The van der Waals surface area contributed by atoms with Gasteiger partial charge in [0.1, 0.15) is 0 Å². The molecule has 2 fully saturated rings. The molecule has 1 amide bonds. The van der Waals surface area contributed by atoms with Gasteiger partial charge < -0.3 is 11.1 Å². The van der Waals surface area contributed by atoms with Crippen LogP contribution < -0.4 is 11.1 Å². The molecule has 1 unspecified atom stereocenters. The van der Waals surface area contributed by atoms with Gasteiger partial charge in [0.25, 0.3) is 5.91 Å². The Kier molecular flexibility index (Phi) is 8.99. The number of hydrogen-bond donors (Lipinski definition) is 2. The fraction of sp³-hybridized carbons (Fsp3) is 0.500. The highest BCUT2D eigenvalue weighted by Gasteiger charge is 2.29. The van der Waals surface area contributed by atoms with Gasteiger partial charge in [0.2, 0.25) is 0 Å². The molecule has 2 saturated heterocycles. The maximum atomic E-state index is 13.0. The summed E-state index contributed by atoms with van der Waals surface area (Å²) in [4.78, 5) is 18.2. The molecule has 7 nitrogen and oxygen atoms in total. The van der Waals surface area contributed by atoms with E-state index in [9.17, 15) is 13.2 Å². The molecule has 2 aromatic rings. The minimum Gasteiger partial charge on any atom is -0.398 e. The highest BCUT2D eigenvalue weighted by Crippen LogP contribution is 2.28. The molecule has 3 N–H and O–H groups in total. The van der Waals surface area contributed by atoms with Gasteiger partial charge in [0, 0.05) is 47.4 Å². The van der Waals surface area contributed by atoms with E-state index in [1.165, 1.54) is 44.8 Å². The van der Waals surface area contributed by atoms with Crippen LogP contribution in [0, 0.1) is 0 Å². The van der Waals surface area contributed by atoms with Crippen molar-refractivity contribution in [3.05, 3.63) is 56.5 Å². The lowest BCUT2D eigenvalue weighted by molar-refractivity contribution is 0.0951. The Hall–Kier alpha value is -1.65. The predicted octanol–water partition coefficient (Wildman–Crippen LogP) is 4.47. The molecule has 196 valence electrons. The summed E-state index contributed by atoms with van der Waals surface area (Å²) >= 11 is 9.72. The number of nitrogens with two attached hydrogens (primary N) is 1. The molecule has 2 heterocycles. The second-order valence-electron chi connectivity index (χ2n) is 9.64. The van der Waals surface area contributed by atoms with Crippen molar-refractivity contribution in [1.29, 1.82) is 0 Å². The van der Waals surface area contributed by atoms with Crippen LogP contribution >= 0.6 is 27.5 Å². The smallest absolute Gasteiger partial charge is 0.253 e. The number of sulfone groups is 1. The third kappa shape index (κ3) is 6.42. The lowest BCUT2D eigenvalue weighted by Gasteiger charge is -2.32. The van der Waals surface area contributed by atoms with E-state index in [4.69, 9.17) is 17.3 Å².